The first-order valence-electron chi connectivity index (χ1n) is 6.05. The Kier molecular flexibility index (Phi) is 2.49. The van der Waals surface area contributed by atoms with E-state index in [1.165, 1.54) is 13.8 Å². The molecule has 0 atom stereocenters. The van der Waals surface area contributed by atoms with Crippen molar-refractivity contribution in [1.29, 1.82) is 0 Å². The van der Waals surface area contributed by atoms with Crippen LogP contribution in [-0.4, -0.2) is 11.8 Å². The fourth-order valence-electron chi connectivity index (χ4n) is 2.51. The van der Waals surface area contributed by atoms with E-state index in [9.17, 15) is 9.59 Å². The van der Waals surface area contributed by atoms with Crippen LogP contribution in [0.4, 0.5) is 0 Å². The molecule has 3 nitrogen and oxygen atoms in total. The van der Waals surface area contributed by atoms with E-state index in [4.69, 9.17) is 4.74 Å². The van der Waals surface area contributed by atoms with Gasteiger partial charge in [0.2, 0.25) is 0 Å². The summed E-state index contributed by atoms with van der Waals surface area (Å²) >= 11 is 0. The molecule has 0 fully saturated rings. The number of benzene rings is 2. The maximum absolute atomic E-state index is 11.8. The van der Waals surface area contributed by atoms with Gasteiger partial charge in [-0.25, -0.2) is 0 Å². The SMILES string of the molecule is CC(=O)Oc1ccc2c3c(ccc(C(C)=O)c13)C=C2. The van der Waals surface area contributed by atoms with Crippen LogP contribution in [0.2, 0.25) is 0 Å². The molecule has 19 heavy (non-hydrogen) atoms. The largest absolute Gasteiger partial charge is 0.426 e. The number of ether oxygens (including phenoxy) is 1. The third-order valence-corrected chi connectivity index (χ3v) is 3.26. The van der Waals surface area contributed by atoms with E-state index in [1.807, 2.05) is 24.3 Å². The second-order valence-corrected chi connectivity index (χ2v) is 4.59. The first-order valence-corrected chi connectivity index (χ1v) is 6.05. The second-order valence-electron chi connectivity index (χ2n) is 4.59. The van der Waals surface area contributed by atoms with Crippen molar-refractivity contribution in [3.8, 4) is 5.75 Å². The van der Waals surface area contributed by atoms with Crippen LogP contribution >= 0.6 is 0 Å². The Morgan fingerprint density at radius 3 is 2.11 bits per heavy atom. The molecule has 0 spiro atoms. The maximum Gasteiger partial charge on any atom is 0.308 e. The monoisotopic (exact) mass is 252 g/mol. The highest BCUT2D eigenvalue weighted by Crippen LogP contribution is 2.38. The summed E-state index contributed by atoms with van der Waals surface area (Å²) in [6.45, 7) is 2.87. The van der Waals surface area contributed by atoms with Crippen LogP contribution < -0.4 is 4.74 Å². The van der Waals surface area contributed by atoms with Crippen LogP contribution in [0.15, 0.2) is 24.3 Å². The zero-order chi connectivity index (χ0) is 13.6. The number of carbonyl (C=O) groups is 2. The molecule has 0 heterocycles. The summed E-state index contributed by atoms with van der Waals surface area (Å²) < 4.78 is 5.24. The molecule has 0 bridgehead atoms. The van der Waals surface area contributed by atoms with Gasteiger partial charge < -0.3 is 4.74 Å². The fourth-order valence-corrected chi connectivity index (χ4v) is 2.51. The normalized spacial score (nSPS) is 11.9. The van der Waals surface area contributed by atoms with Gasteiger partial charge in [-0.1, -0.05) is 30.4 Å². The number of hydrogen-bond donors (Lipinski definition) is 0. The highest BCUT2D eigenvalue weighted by atomic mass is 16.5. The molecule has 1 aliphatic rings. The molecule has 2 aromatic carbocycles. The molecule has 0 amide bonds. The van der Waals surface area contributed by atoms with E-state index in [1.54, 1.807) is 12.1 Å². The van der Waals surface area contributed by atoms with Crippen LogP contribution in [0.25, 0.3) is 22.9 Å². The van der Waals surface area contributed by atoms with Crippen molar-refractivity contribution in [2.75, 3.05) is 0 Å². The number of rotatable bonds is 2. The Hall–Kier alpha value is -2.42. The Morgan fingerprint density at radius 2 is 1.53 bits per heavy atom. The minimum Gasteiger partial charge on any atom is -0.426 e. The van der Waals surface area contributed by atoms with Crippen molar-refractivity contribution < 1.29 is 14.3 Å². The summed E-state index contributed by atoms with van der Waals surface area (Å²) in [6.07, 6.45) is 4.00. The molecule has 0 saturated carbocycles. The molecule has 2 aromatic rings. The molecule has 0 aromatic heterocycles. The number of carbonyl (C=O) groups excluding carboxylic acids is 2. The van der Waals surface area contributed by atoms with Crippen molar-refractivity contribution in [2.45, 2.75) is 13.8 Å². The van der Waals surface area contributed by atoms with Gasteiger partial charge in [0.25, 0.3) is 0 Å². The first-order chi connectivity index (χ1) is 9.08. The minimum atomic E-state index is -0.388. The molecular formula is C16H12O3. The molecule has 0 radical (unpaired) electrons. The lowest BCUT2D eigenvalue weighted by Crippen LogP contribution is -2.04. The molecule has 3 rings (SSSR count). The Balaban J connectivity index is 2.41. The second kappa shape index (κ2) is 4.05. The minimum absolute atomic E-state index is 0.0380. The summed E-state index contributed by atoms with van der Waals surface area (Å²) in [5.74, 6) is 0.0205. The Bertz CT molecular complexity index is 742. The van der Waals surface area contributed by atoms with Gasteiger partial charge >= 0.3 is 5.97 Å². The quantitative estimate of drug-likeness (QED) is 0.398. The van der Waals surface area contributed by atoms with Gasteiger partial charge in [-0.15, -0.1) is 0 Å². The van der Waals surface area contributed by atoms with Gasteiger partial charge in [0.05, 0.1) is 0 Å². The lowest BCUT2D eigenvalue weighted by Gasteiger charge is -2.11. The van der Waals surface area contributed by atoms with E-state index >= 15 is 0 Å². The topological polar surface area (TPSA) is 43.4 Å². The number of Topliss-reactive ketones (excluding diaryl/α,β-unsaturated/α-hetero) is 1. The smallest absolute Gasteiger partial charge is 0.308 e. The van der Waals surface area contributed by atoms with Gasteiger partial charge in [0, 0.05) is 23.3 Å². The molecule has 0 saturated heterocycles. The molecule has 0 N–H and O–H groups in total. The lowest BCUT2D eigenvalue weighted by atomic mass is 9.96. The summed E-state index contributed by atoms with van der Waals surface area (Å²) in [6, 6.07) is 7.35. The average molecular weight is 252 g/mol. The van der Waals surface area contributed by atoms with Crippen LogP contribution in [-0.2, 0) is 4.79 Å². The van der Waals surface area contributed by atoms with Gasteiger partial charge in [0.1, 0.15) is 5.75 Å². The summed E-state index contributed by atoms with van der Waals surface area (Å²) in [5, 5.41) is 1.70. The summed E-state index contributed by atoms with van der Waals surface area (Å²) in [4.78, 5) is 23.0. The van der Waals surface area contributed by atoms with E-state index in [-0.39, 0.29) is 11.8 Å². The predicted octanol–water partition coefficient (Wildman–Crippen LogP) is 3.45. The van der Waals surface area contributed by atoms with Gasteiger partial charge in [-0.2, -0.15) is 0 Å². The van der Waals surface area contributed by atoms with Gasteiger partial charge in [-0.3, -0.25) is 9.59 Å². The molecule has 0 aliphatic heterocycles. The summed E-state index contributed by atoms with van der Waals surface area (Å²) in [5.41, 5.74) is 2.67. The van der Waals surface area contributed by atoms with Crippen LogP contribution in [0.5, 0.6) is 5.75 Å². The third kappa shape index (κ3) is 1.74. The van der Waals surface area contributed by atoms with Gasteiger partial charge in [0.15, 0.2) is 5.78 Å². The van der Waals surface area contributed by atoms with Crippen LogP contribution in [0.1, 0.15) is 35.3 Å². The van der Waals surface area contributed by atoms with Crippen molar-refractivity contribution in [2.24, 2.45) is 0 Å². The molecule has 3 heteroatoms. The highest BCUT2D eigenvalue weighted by molar-refractivity contribution is 6.16. The third-order valence-electron chi connectivity index (χ3n) is 3.26. The van der Waals surface area contributed by atoms with Crippen LogP contribution in [0, 0.1) is 0 Å². The molecule has 0 unspecified atom stereocenters. The fraction of sp³-hybridized carbons (Fsp3) is 0.125. The molecule has 1 aliphatic carbocycles. The van der Waals surface area contributed by atoms with Crippen molar-refractivity contribution in [3.05, 3.63) is 41.0 Å². The molecule has 94 valence electrons. The standard InChI is InChI=1S/C16H12O3/c1-9(17)13-7-5-11-3-4-12-6-8-14(19-10(2)18)16(13)15(11)12/h3-8H,1-2H3. The van der Waals surface area contributed by atoms with Crippen molar-refractivity contribution in [3.63, 3.8) is 0 Å². The van der Waals surface area contributed by atoms with Crippen molar-refractivity contribution in [1.82, 2.24) is 0 Å². The van der Waals surface area contributed by atoms with E-state index in [2.05, 4.69) is 0 Å². The van der Waals surface area contributed by atoms with E-state index in [0.717, 1.165) is 21.9 Å². The zero-order valence-corrected chi connectivity index (χ0v) is 10.7. The first kappa shape index (κ1) is 11.7. The average Bonchev–Trinajstić information content (AvgIpc) is 2.76. The number of hydrogen-bond acceptors (Lipinski definition) is 3. The lowest BCUT2D eigenvalue weighted by molar-refractivity contribution is -0.131. The van der Waals surface area contributed by atoms with E-state index < -0.39 is 0 Å². The summed E-state index contributed by atoms with van der Waals surface area (Å²) in [7, 11) is 0. The van der Waals surface area contributed by atoms with Crippen LogP contribution in [0.3, 0.4) is 0 Å². The highest BCUT2D eigenvalue weighted by Gasteiger charge is 2.18. The van der Waals surface area contributed by atoms with Gasteiger partial charge in [-0.05, 0) is 24.1 Å². The van der Waals surface area contributed by atoms with E-state index in [0.29, 0.717) is 11.3 Å². The predicted molar refractivity (Wildman–Crippen MR) is 74.2 cm³/mol. The zero-order valence-electron chi connectivity index (χ0n) is 10.7. The maximum atomic E-state index is 11.8. The number of esters is 1. The Labute approximate surface area is 110 Å². The molecular weight excluding hydrogens is 240 g/mol. The Morgan fingerprint density at radius 1 is 0.895 bits per heavy atom. The van der Waals surface area contributed by atoms with Crippen molar-refractivity contribution >= 4 is 34.7 Å². The number of ketones is 1.